The van der Waals surface area contributed by atoms with Gasteiger partial charge in [0, 0.05) is 0 Å². The van der Waals surface area contributed by atoms with Gasteiger partial charge in [-0.2, -0.15) is 5.10 Å². The van der Waals surface area contributed by atoms with Crippen molar-refractivity contribution in [2.75, 3.05) is 0 Å². The molecule has 0 aliphatic rings. The normalized spacial score (nSPS) is 10.4. The molecular formula is C13H14N2O. The Labute approximate surface area is 94.7 Å². The Morgan fingerprint density at radius 3 is 2.25 bits per heavy atom. The summed E-state index contributed by atoms with van der Waals surface area (Å²) in [7, 11) is 0. The Morgan fingerprint density at radius 2 is 1.75 bits per heavy atom. The van der Waals surface area contributed by atoms with E-state index in [4.69, 9.17) is 0 Å². The van der Waals surface area contributed by atoms with Crippen molar-refractivity contribution in [3.63, 3.8) is 0 Å². The molecule has 0 atom stereocenters. The van der Waals surface area contributed by atoms with Crippen LogP contribution in [0.25, 0.3) is 5.69 Å². The van der Waals surface area contributed by atoms with Crippen molar-refractivity contribution < 1.29 is 4.79 Å². The molecule has 0 unspecified atom stereocenters. The van der Waals surface area contributed by atoms with Crippen LogP contribution in [0, 0.1) is 20.8 Å². The van der Waals surface area contributed by atoms with Gasteiger partial charge in [-0.15, -0.1) is 0 Å². The van der Waals surface area contributed by atoms with Crippen molar-refractivity contribution in [1.82, 2.24) is 9.78 Å². The van der Waals surface area contributed by atoms with Crippen LogP contribution in [0.5, 0.6) is 0 Å². The molecule has 0 saturated carbocycles. The van der Waals surface area contributed by atoms with E-state index in [1.807, 2.05) is 45.0 Å². The van der Waals surface area contributed by atoms with Crippen LogP contribution in [-0.4, -0.2) is 16.1 Å². The third kappa shape index (κ3) is 1.65. The zero-order valence-corrected chi connectivity index (χ0v) is 9.69. The van der Waals surface area contributed by atoms with Crippen molar-refractivity contribution >= 4 is 6.29 Å². The molecule has 0 bridgehead atoms. The van der Waals surface area contributed by atoms with E-state index < -0.39 is 0 Å². The molecule has 1 aromatic carbocycles. The number of aldehydes is 1. The molecule has 82 valence electrons. The lowest BCUT2D eigenvalue weighted by Gasteiger charge is -2.04. The number of carbonyl (C=O) groups excluding carboxylic acids is 1. The van der Waals surface area contributed by atoms with Gasteiger partial charge in [0.05, 0.1) is 22.6 Å². The molecule has 16 heavy (non-hydrogen) atoms. The van der Waals surface area contributed by atoms with E-state index in [0.717, 1.165) is 23.4 Å². The summed E-state index contributed by atoms with van der Waals surface area (Å²) in [5.41, 5.74) is 4.53. The second-order valence-electron chi connectivity index (χ2n) is 3.95. The lowest BCUT2D eigenvalue weighted by molar-refractivity contribution is 0.112. The average Bonchev–Trinajstić information content (AvgIpc) is 2.55. The summed E-state index contributed by atoms with van der Waals surface area (Å²) < 4.78 is 1.80. The second kappa shape index (κ2) is 3.93. The predicted molar refractivity (Wildman–Crippen MR) is 63.2 cm³/mol. The summed E-state index contributed by atoms with van der Waals surface area (Å²) in [4.78, 5) is 10.9. The first-order chi connectivity index (χ1) is 7.63. The fourth-order valence-electron chi connectivity index (χ4n) is 1.76. The first-order valence-electron chi connectivity index (χ1n) is 5.22. The quantitative estimate of drug-likeness (QED) is 0.720. The van der Waals surface area contributed by atoms with Crippen LogP contribution >= 0.6 is 0 Å². The van der Waals surface area contributed by atoms with Crippen LogP contribution in [0.15, 0.2) is 24.3 Å². The van der Waals surface area contributed by atoms with Crippen LogP contribution in [0.3, 0.4) is 0 Å². The average molecular weight is 214 g/mol. The molecule has 0 N–H and O–H groups in total. The molecule has 3 heteroatoms. The number of aryl methyl sites for hydroxylation is 2. The highest BCUT2D eigenvalue weighted by Crippen LogP contribution is 2.16. The minimum absolute atomic E-state index is 0.681. The van der Waals surface area contributed by atoms with Crippen molar-refractivity contribution in [1.29, 1.82) is 0 Å². The molecule has 1 aromatic heterocycles. The summed E-state index contributed by atoms with van der Waals surface area (Å²) in [5.74, 6) is 0. The molecule has 3 nitrogen and oxygen atoms in total. The van der Waals surface area contributed by atoms with Crippen LogP contribution in [0.2, 0.25) is 0 Å². The SMILES string of the molecule is Cc1ccc(-n2nc(C)c(C=O)c2C)cc1. The Morgan fingerprint density at radius 1 is 1.12 bits per heavy atom. The summed E-state index contributed by atoms with van der Waals surface area (Å²) in [5, 5.41) is 4.37. The third-order valence-corrected chi connectivity index (χ3v) is 2.74. The minimum atomic E-state index is 0.681. The maximum absolute atomic E-state index is 10.9. The van der Waals surface area contributed by atoms with E-state index in [1.165, 1.54) is 5.56 Å². The van der Waals surface area contributed by atoms with Gasteiger partial charge in [0.25, 0.3) is 0 Å². The number of hydrogen-bond acceptors (Lipinski definition) is 2. The van der Waals surface area contributed by atoms with Gasteiger partial charge in [0.2, 0.25) is 0 Å². The molecule has 0 fully saturated rings. The zero-order valence-electron chi connectivity index (χ0n) is 9.69. The maximum Gasteiger partial charge on any atom is 0.153 e. The topological polar surface area (TPSA) is 34.9 Å². The van der Waals surface area contributed by atoms with Gasteiger partial charge in [0.1, 0.15) is 0 Å². The fourth-order valence-corrected chi connectivity index (χ4v) is 1.76. The Hall–Kier alpha value is -1.90. The standard InChI is InChI=1S/C13H14N2O/c1-9-4-6-12(7-5-9)15-11(3)13(8-16)10(2)14-15/h4-8H,1-3H3. The van der Waals surface area contributed by atoms with Crippen molar-refractivity contribution in [2.24, 2.45) is 0 Å². The number of hydrogen-bond donors (Lipinski definition) is 0. The van der Waals surface area contributed by atoms with Gasteiger partial charge in [-0.05, 0) is 32.9 Å². The Balaban J connectivity index is 2.56. The molecule has 0 aliphatic heterocycles. The molecule has 0 aliphatic carbocycles. The first kappa shape index (κ1) is 10.6. The smallest absolute Gasteiger partial charge is 0.153 e. The maximum atomic E-state index is 10.9. The van der Waals surface area contributed by atoms with E-state index in [1.54, 1.807) is 4.68 Å². The van der Waals surface area contributed by atoms with Gasteiger partial charge in [-0.1, -0.05) is 17.7 Å². The predicted octanol–water partition coefficient (Wildman–Crippen LogP) is 2.61. The summed E-state index contributed by atoms with van der Waals surface area (Å²) >= 11 is 0. The molecule has 0 radical (unpaired) electrons. The Bertz CT molecular complexity index is 524. The highest BCUT2D eigenvalue weighted by molar-refractivity contribution is 5.78. The zero-order chi connectivity index (χ0) is 11.7. The van der Waals surface area contributed by atoms with E-state index in [0.29, 0.717) is 5.56 Å². The second-order valence-corrected chi connectivity index (χ2v) is 3.95. The first-order valence-corrected chi connectivity index (χ1v) is 5.22. The van der Waals surface area contributed by atoms with Gasteiger partial charge < -0.3 is 0 Å². The largest absolute Gasteiger partial charge is 0.298 e. The summed E-state index contributed by atoms with van der Waals surface area (Å²) in [6.07, 6.45) is 0.863. The Kier molecular flexibility index (Phi) is 2.60. The van der Waals surface area contributed by atoms with E-state index in [9.17, 15) is 4.79 Å². The van der Waals surface area contributed by atoms with E-state index in [2.05, 4.69) is 5.10 Å². The van der Waals surface area contributed by atoms with Crippen molar-refractivity contribution in [2.45, 2.75) is 20.8 Å². The highest BCUT2D eigenvalue weighted by Gasteiger charge is 2.11. The molecule has 2 rings (SSSR count). The van der Waals surface area contributed by atoms with Gasteiger partial charge in [0.15, 0.2) is 6.29 Å². The van der Waals surface area contributed by atoms with Gasteiger partial charge in [-0.3, -0.25) is 4.79 Å². The van der Waals surface area contributed by atoms with Crippen LogP contribution < -0.4 is 0 Å². The van der Waals surface area contributed by atoms with Crippen LogP contribution in [0.4, 0.5) is 0 Å². The monoisotopic (exact) mass is 214 g/mol. The number of nitrogens with zero attached hydrogens (tertiary/aromatic N) is 2. The van der Waals surface area contributed by atoms with Crippen LogP contribution in [-0.2, 0) is 0 Å². The van der Waals surface area contributed by atoms with Crippen LogP contribution in [0.1, 0.15) is 27.3 Å². The molecular weight excluding hydrogens is 200 g/mol. The van der Waals surface area contributed by atoms with E-state index >= 15 is 0 Å². The molecule has 2 aromatic rings. The fraction of sp³-hybridized carbons (Fsp3) is 0.231. The van der Waals surface area contributed by atoms with Crippen molar-refractivity contribution in [3.8, 4) is 5.69 Å². The molecule has 0 spiro atoms. The molecule has 0 amide bonds. The van der Waals surface area contributed by atoms with Crippen molar-refractivity contribution in [3.05, 3.63) is 46.8 Å². The van der Waals surface area contributed by atoms with E-state index in [-0.39, 0.29) is 0 Å². The number of aromatic nitrogens is 2. The number of carbonyl (C=O) groups is 1. The number of rotatable bonds is 2. The summed E-state index contributed by atoms with van der Waals surface area (Å²) in [6.45, 7) is 5.80. The van der Waals surface area contributed by atoms with Gasteiger partial charge >= 0.3 is 0 Å². The third-order valence-electron chi connectivity index (χ3n) is 2.74. The molecule has 0 saturated heterocycles. The molecule has 1 heterocycles. The highest BCUT2D eigenvalue weighted by atomic mass is 16.1. The lowest BCUT2D eigenvalue weighted by Crippen LogP contribution is -1.99. The summed E-state index contributed by atoms with van der Waals surface area (Å²) in [6, 6.07) is 8.07. The van der Waals surface area contributed by atoms with Gasteiger partial charge in [-0.25, -0.2) is 4.68 Å². The minimum Gasteiger partial charge on any atom is -0.298 e. The number of benzene rings is 1. The lowest BCUT2D eigenvalue weighted by atomic mass is 10.2.